The van der Waals surface area contributed by atoms with Crippen molar-refractivity contribution in [2.24, 2.45) is 0 Å². The number of nitrogens with zero attached hydrogens (tertiary/aromatic N) is 3. The molecule has 126 valence electrons. The van der Waals surface area contributed by atoms with Crippen molar-refractivity contribution >= 4 is 33.3 Å². The molecule has 23 heavy (non-hydrogen) atoms. The minimum Gasteiger partial charge on any atom is -0.396 e. The topological polar surface area (TPSA) is 90.4 Å². The summed E-state index contributed by atoms with van der Waals surface area (Å²) in [5.41, 5.74) is 0.888. The molecule has 0 unspecified atom stereocenters. The number of rotatable bonds is 8. The number of carbonyl (C=O) groups is 1. The van der Waals surface area contributed by atoms with Crippen LogP contribution in [0.25, 0.3) is 10.2 Å². The second kappa shape index (κ2) is 8.19. The van der Waals surface area contributed by atoms with Crippen LogP contribution < -0.4 is 10.6 Å². The molecule has 7 nitrogen and oxygen atoms in total. The van der Waals surface area contributed by atoms with Crippen LogP contribution in [0.15, 0.2) is 6.33 Å². The normalized spacial score (nSPS) is 11.2. The summed E-state index contributed by atoms with van der Waals surface area (Å²) in [6, 6.07) is 0. The van der Waals surface area contributed by atoms with Gasteiger partial charge in [-0.05, 0) is 33.0 Å². The van der Waals surface area contributed by atoms with Crippen LogP contribution >= 0.6 is 11.3 Å². The molecule has 0 fully saturated rings. The highest BCUT2D eigenvalue weighted by Gasteiger charge is 2.18. The molecule has 0 bridgehead atoms. The van der Waals surface area contributed by atoms with E-state index in [1.54, 1.807) is 0 Å². The summed E-state index contributed by atoms with van der Waals surface area (Å²) in [6.07, 6.45) is 2.07. The average molecular weight is 337 g/mol. The van der Waals surface area contributed by atoms with E-state index in [9.17, 15) is 4.79 Å². The predicted molar refractivity (Wildman–Crippen MR) is 93.2 cm³/mol. The second-order valence-electron chi connectivity index (χ2n) is 5.52. The summed E-state index contributed by atoms with van der Waals surface area (Å²) in [4.78, 5) is 24.4. The first-order valence-corrected chi connectivity index (χ1v) is 8.38. The number of aromatic nitrogens is 2. The van der Waals surface area contributed by atoms with E-state index in [4.69, 9.17) is 5.11 Å². The van der Waals surface area contributed by atoms with E-state index in [2.05, 4.69) is 25.5 Å². The third-order valence-electron chi connectivity index (χ3n) is 3.40. The SMILES string of the molecule is Cc1c(C(=O)NCCCO)sc2ncnc(NCCN(C)C)c12. The molecule has 2 aromatic heterocycles. The Bertz CT molecular complexity index is 671. The Morgan fingerprint density at radius 1 is 1.35 bits per heavy atom. The number of thiophene rings is 1. The van der Waals surface area contributed by atoms with Crippen molar-refractivity contribution < 1.29 is 9.90 Å². The summed E-state index contributed by atoms with van der Waals surface area (Å²) in [5.74, 6) is 0.637. The lowest BCUT2D eigenvalue weighted by Crippen LogP contribution is -2.24. The van der Waals surface area contributed by atoms with Crippen molar-refractivity contribution in [1.82, 2.24) is 20.2 Å². The smallest absolute Gasteiger partial charge is 0.261 e. The number of fused-ring (bicyclic) bond motifs is 1. The van der Waals surface area contributed by atoms with Gasteiger partial charge in [-0.2, -0.15) is 0 Å². The third kappa shape index (κ3) is 4.37. The quantitative estimate of drug-likeness (QED) is 0.625. The number of aliphatic hydroxyl groups excluding tert-OH is 1. The molecule has 0 saturated heterocycles. The molecule has 0 atom stereocenters. The summed E-state index contributed by atoms with van der Waals surface area (Å²) in [6.45, 7) is 4.11. The fourth-order valence-electron chi connectivity index (χ4n) is 2.18. The first-order chi connectivity index (χ1) is 11.0. The minimum absolute atomic E-state index is 0.0666. The lowest BCUT2D eigenvalue weighted by Gasteiger charge is -2.11. The van der Waals surface area contributed by atoms with E-state index in [1.165, 1.54) is 17.7 Å². The average Bonchev–Trinajstić information content (AvgIpc) is 2.85. The highest BCUT2D eigenvalue weighted by atomic mass is 32.1. The summed E-state index contributed by atoms with van der Waals surface area (Å²) >= 11 is 1.37. The number of hydrogen-bond acceptors (Lipinski definition) is 7. The monoisotopic (exact) mass is 337 g/mol. The number of aliphatic hydroxyl groups is 1. The molecule has 2 rings (SSSR count). The van der Waals surface area contributed by atoms with Crippen LogP contribution in [0.5, 0.6) is 0 Å². The Balaban J connectivity index is 2.22. The van der Waals surface area contributed by atoms with Gasteiger partial charge >= 0.3 is 0 Å². The first-order valence-electron chi connectivity index (χ1n) is 7.56. The van der Waals surface area contributed by atoms with Crippen LogP contribution in [-0.2, 0) is 0 Å². The number of hydrogen-bond donors (Lipinski definition) is 3. The Kier molecular flexibility index (Phi) is 6.26. The van der Waals surface area contributed by atoms with Crippen molar-refractivity contribution in [3.63, 3.8) is 0 Å². The van der Waals surface area contributed by atoms with Crippen molar-refractivity contribution in [3.05, 3.63) is 16.8 Å². The number of amides is 1. The van der Waals surface area contributed by atoms with Crippen molar-refractivity contribution in [2.75, 3.05) is 45.7 Å². The van der Waals surface area contributed by atoms with Crippen LogP contribution in [0, 0.1) is 6.92 Å². The molecule has 0 aliphatic carbocycles. The summed E-state index contributed by atoms with van der Waals surface area (Å²) in [7, 11) is 4.03. The number of anilines is 1. The third-order valence-corrected chi connectivity index (χ3v) is 4.60. The van der Waals surface area contributed by atoms with Gasteiger partial charge < -0.3 is 20.6 Å². The largest absolute Gasteiger partial charge is 0.396 e. The van der Waals surface area contributed by atoms with Crippen molar-refractivity contribution in [3.8, 4) is 0 Å². The summed E-state index contributed by atoms with van der Waals surface area (Å²) in [5, 5.41) is 15.8. The predicted octanol–water partition coefficient (Wildman–Crippen LogP) is 1.09. The van der Waals surface area contributed by atoms with E-state index in [-0.39, 0.29) is 12.5 Å². The van der Waals surface area contributed by atoms with Crippen LogP contribution in [-0.4, -0.2) is 66.2 Å². The summed E-state index contributed by atoms with van der Waals surface area (Å²) < 4.78 is 0. The fraction of sp³-hybridized carbons (Fsp3) is 0.533. The maximum Gasteiger partial charge on any atom is 0.261 e. The molecule has 0 radical (unpaired) electrons. The van der Waals surface area contributed by atoms with Gasteiger partial charge in [-0.15, -0.1) is 11.3 Å². The van der Waals surface area contributed by atoms with E-state index >= 15 is 0 Å². The van der Waals surface area contributed by atoms with Crippen LogP contribution in [0.3, 0.4) is 0 Å². The Hall–Kier alpha value is -1.77. The van der Waals surface area contributed by atoms with Gasteiger partial charge in [0.15, 0.2) is 0 Å². The maximum atomic E-state index is 12.3. The maximum absolute atomic E-state index is 12.3. The number of carbonyl (C=O) groups excluding carboxylic acids is 1. The molecular formula is C15H23N5O2S. The highest BCUT2D eigenvalue weighted by molar-refractivity contribution is 7.20. The van der Waals surface area contributed by atoms with Crippen LogP contribution in [0.4, 0.5) is 5.82 Å². The Morgan fingerprint density at radius 2 is 2.13 bits per heavy atom. The van der Waals surface area contributed by atoms with E-state index in [0.29, 0.717) is 17.8 Å². The van der Waals surface area contributed by atoms with Gasteiger partial charge in [-0.25, -0.2) is 9.97 Å². The van der Waals surface area contributed by atoms with Gasteiger partial charge in [0.05, 0.1) is 10.3 Å². The first kappa shape index (κ1) is 17.6. The van der Waals surface area contributed by atoms with Crippen LogP contribution in [0.2, 0.25) is 0 Å². The van der Waals surface area contributed by atoms with Crippen LogP contribution in [0.1, 0.15) is 21.7 Å². The molecule has 0 spiro atoms. The lowest BCUT2D eigenvalue weighted by molar-refractivity contribution is 0.0955. The zero-order valence-electron chi connectivity index (χ0n) is 13.7. The van der Waals surface area contributed by atoms with Gasteiger partial charge in [0.1, 0.15) is 17.0 Å². The van der Waals surface area contributed by atoms with E-state index in [0.717, 1.165) is 34.7 Å². The molecule has 0 aliphatic rings. The molecule has 1 amide bonds. The molecule has 0 saturated carbocycles. The van der Waals surface area contributed by atoms with E-state index in [1.807, 2.05) is 21.0 Å². The molecule has 2 aromatic rings. The molecule has 2 heterocycles. The molecule has 8 heteroatoms. The minimum atomic E-state index is -0.127. The number of nitrogens with one attached hydrogen (secondary N) is 2. The molecular weight excluding hydrogens is 314 g/mol. The number of likely N-dealkylation sites (N-methyl/N-ethyl adjacent to an activating group) is 1. The lowest BCUT2D eigenvalue weighted by atomic mass is 10.2. The molecule has 0 aromatic carbocycles. The van der Waals surface area contributed by atoms with Gasteiger partial charge in [0.2, 0.25) is 0 Å². The zero-order valence-corrected chi connectivity index (χ0v) is 14.5. The van der Waals surface area contributed by atoms with Gasteiger partial charge in [0, 0.05) is 26.2 Å². The second-order valence-corrected chi connectivity index (χ2v) is 6.52. The molecule has 3 N–H and O–H groups in total. The fourth-order valence-corrected chi connectivity index (χ4v) is 3.25. The zero-order chi connectivity index (χ0) is 16.8. The number of aryl methyl sites for hydroxylation is 1. The van der Waals surface area contributed by atoms with Crippen molar-refractivity contribution in [2.45, 2.75) is 13.3 Å². The van der Waals surface area contributed by atoms with Crippen molar-refractivity contribution in [1.29, 1.82) is 0 Å². The van der Waals surface area contributed by atoms with Gasteiger partial charge in [0.25, 0.3) is 5.91 Å². The Morgan fingerprint density at radius 3 is 2.83 bits per heavy atom. The van der Waals surface area contributed by atoms with Gasteiger partial charge in [-0.1, -0.05) is 0 Å². The standard InChI is InChI=1S/C15H23N5O2S/c1-10-11-13(16-6-7-20(2)3)18-9-19-15(11)23-12(10)14(22)17-5-4-8-21/h9,21H,4-8H2,1-3H3,(H,17,22)(H,16,18,19). The highest BCUT2D eigenvalue weighted by Crippen LogP contribution is 2.33. The molecule has 0 aliphatic heterocycles. The van der Waals surface area contributed by atoms with Gasteiger partial charge in [-0.3, -0.25) is 4.79 Å². The Labute approximate surface area is 139 Å². The van der Waals surface area contributed by atoms with E-state index < -0.39 is 0 Å².